The fourth-order valence-electron chi connectivity index (χ4n) is 2.70. The monoisotopic (exact) mass is 378 g/mol. The second-order valence-corrected chi connectivity index (χ2v) is 6.25. The Kier molecular flexibility index (Phi) is 6.41. The fourth-order valence-corrected chi connectivity index (χ4v) is 2.70. The summed E-state index contributed by atoms with van der Waals surface area (Å²) in [7, 11) is 0. The Labute approximate surface area is 163 Å². The molecule has 0 fully saturated rings. The third-order valence-corrected chi connectivity index (χ3v) is 3.92. The molecule has 2 N–H and O–H groups in total. The third kappa shape index (κ3) is 5.70. The summed E-state index contributed by atoms with van der Waals surface area (Å²) in [6.07, 6.45) is 5.35. The summed E-state index contributed by atoms with van der Waals surface area (Å²) in [4.78, 5) is 27.5. The van der Waals surface area contributed by atoms with Crippen molar-refractivity contribution in [1.29, 1.82) is 0 Å². The summed E-state index contributed by atoms with van der Waals surface area (Å²) in [5, 5.41) is 5.55. The van der Waals surface area contributed by atoms with Crippen LogP contribution in [0.3, 0.4) is 0 Å². The zero-order chi connectivity index (χ0) is 19.8. The van der Waals surface area contributed by atoms with Crippen LogP contribution in [-0.4, -0.2) is 34.5 Å². The first-order chi connectivity index (χ1) is 13.6. The molecule has 0 aliphatic carbocycles. The molecule has 0 aliphatic rings. The molecule has 0 atom stereocenters. The molecule has 1 aromatic heterocycles. The van der Waals surface area contributed by atoms with Crippen LogP contribution in [0.1, 0.15) is 22.8 Å². The van der Waals surface area contributed by atoms with E-state index >= 15 is 0 Å². The van der Waals surface area contributed by atoms with Crippen LogP contribution < -0.4 is 15.4 Å². The highest BCUT2D eigenvalue weighted by Gasteiger charge is 2.06. The van der Waals surface area contributed by atoms with Gasteiger partial charge in [-0.25, -0.2) is 4.98 Å². The molecule has 3 rings (SSSR count). The van der Waals surface area contributed by atoms with E-state index in [1.165, 1.54) is 6.92 Å². The molecule has 28 heavy (non-hydrogen) atoms. The maximum Gasteiger partial charge on any atom is 0.251 e. The average molecular weight is 378 g/mol. The largest absolute Gasteiger partial charge is 0.492 e. The summed E-state index contributed by atoms with van der Waals surface area (Å²) in [5.41, 5.74) is 2.30. The van der Waals surface area contributed by atoms with Crippen LogP contribution in [0.25, 0.3) is 0 Å². The van der Waals surface area contributed by atoms with E-state index in [4.69, 9.17) is 4.74 Å². The van der Waals surface area contributed by atoms with Gasteiger partial charge < -0.3 is 19.9 Å². The number of anilines is 1. The van der Waals surface area contributed by atoms with Crippen LogP contribution in [0, 0.1) is 0 Å². The maximum absolute atomic E-state index is 12.4. The SMILES string of the molecule is CC(=O)Nc1cccc(OCCNC(=O)c2cccc(Cn3ccnc3)c2)c1. The van der Waals surface area contributed by atoms with Crippen molar-refractivity contribution in [3.8, 4) is 5.75 Å². The van der Waals surface area contributed by atoms with Crippen molar-refractivity contribution in [1.82, 2.24) is 14.9 Å². The van der Waals surface area contributed by atoms with Gasteiger partial charge >= 0.3 is 0 Å². The van der Waals surface area contributed by atoms with Crippen LogP contribution in [0.5, 0.6) is 5.75 Å². The molecule has 0 saturated carbocycles. The van der Waals surface area contributed by atoms with Crippen molar-refractivity contribution < 1.29 is 14.3 Å². The minimum absolute atomic E-state index is 0.139. The van der Waals surface area contributed by atoms with E-state index in [0.29, 0.717) is 36.7 Å². The number of aromatic nitrogens is 2. The van der Waals surface area contributed by atoms with E-state index in [2.05, 4.69) is 15.6 Å². The Hall–Kier alpha value is -3.61. The lowest BCUT2D eigenvalue weighted by Crippen LogP contribution is -2.28. The highest BCUT2D eigenvalue weighted by Crippen LogP contribution is 2.17. The van der Waals surface area contributed by atoms with Gasteiger partial charge in [0.1, 0.15) is 12.4 Å². The van der Waals surface area contributed by atoms with Gasteiger partial charge in [-0.15, -0.1) is 0 Å². The number of amides is 2. The summed E-state index contributed by atoms with van der Waals surface area (Å²) in [5.74, 6) is 0.339. The third-order valence-electron chi connectivity index (χ3n) is 3.92. The van der Waals surface area contributed by atoms with Crippen molar-refractivity contribution >= 4 is 17.5 Å². The molecule has 0 radical (unpaired) electrons. The molecule has 0 spiro atoms. The van der Waals surface area contributed by atoms with Gasteiger partial charge in [-0.1, -0.05) is 18.2 Å². The normalized spacial score (nSPS) is 10.3. The Morgan fingerprint density at radius 2 is 2.00 bits per heavy atom. The van der Waals surface area contributed by atoms with Crippen molar-refractivity contribution in [2.24, 2.45) is 0 Å². The number of nitrogens with zero attached hydrogens (tertiary/aromatic N) is 2. The summed E-state index contributed by atoms with van der Waals surface area (Å²) < 4.78 is 7.58. The number of ether oxygens (including phenoxy) is 1. The number of carbonyl (C=O) groups is 2. The summed E-state index contributed by atoms with van der Waals surface area (Å²) >= 11 is 0. The Balaban J connectivity index is 1.47. The molecule has 2 aromatic carbocycles. The molecule has 3 aromatic rings. The molecule has 2 amide bonds. The van der Waals surface area contributed by atoms with E-state index in [-0.39, 0.29) is 11.8 Å². The number of carbonyl (C=O) groups excluding carboxylic acids is 2. The average Bonchev–Trinajstić information content (AvgIpc) is 3.18. The van der Waals surface area contributed by atoms with Gasteiger partial charge in [0.15, 0.2) is 0 Å². The van der Waals surface area contributed by atoms with Gasteiger partial charge in [0.25, 0.3) is 5.91 Å². The smallest absolute Gasteiger partial charge is 0.251 e. The fraction of sp³-hybridized carbons (Fsp3) is 0.190. The van der Waals surface area contributed by atoms with Gasteiger partial charge in [0.05, 0.1) is 12.9 Å². The van der Waals surface area contributed by atoms with E-state index in [9.17, 15) is 9.59 Å². The van der Waals surface area contributed by atoms with Gasteiger partial charge in [-0.2, -0.15) is 0 Å². The van der Waals surface area contributed by atoms with Gasteiger partial charge in [0, 0.05) is 43.2 Å². The topological polar surface area (TPSA) is 85.3 Å². The van der Waals surface area contributed by atoms with Crippen molar-refractivity contribution in [3.63, 3.8) is 0 Å². The minimum atomic E-state index is -0.150. The molecular formula is C21H22N4O3. The Morgan fingerprint density at radius 3 is 2.79 bits per heavy atom. The van der Waals surface area contributed by atoms with Crippen LogP contribution in [0.15, 0.2) is 67.3 Å². The second kappa shape index (κ2) is 9.36. The number of hydrogen-bond donors (Lipinski definition) is 2. The molecule has 0 saturated heterocycles. The lowest BCUT2D eigenvalue weighted by molar-refractivity contribution is -0.114. The number of hydrogen-bond acceptors (Lipinski definition) is 4. The van der Waals surface area contributed by atoms with Crippen LogP contribution >= 0.6 is 0 Å². The number of nitrogens with one attached hydrogen (secondary N) is 2. The van der Waals surface area contributed by atoms with Gasteiger partial charge in [0.2, 0.25) is 5.91 Å². The molecule has 0 bridgehead atoms. The predicted octanol–water partition coefficient (Wildman–Crippen LogP) is 2.70. The molecule has 144 valence electrons. The summed E-state index contributed by atoms with van der Waals surface area (Å²) in [6.45, 7) is 2.81. The molecule has 1 heterocycles. The first-order valence-electron chi connectivity index (χ1n) is 8.93. The molecule has 0 aliphatic heterocycles. The highest BCUT2D eigenvalue weighted by molar-refractivity contribution is 5.94. The van der Waals surface area contributed by atoms with E-state index in [1.807, 2.05) is 29.0 Å². The molecule has 7 heteroatoms. The molecule has 0 unspecified atom stereocenters. The van der Waals surface area contributed by atoms with Crippen LogP contribution in [-0.2, 0) is 11.3 Å². The van der Waals surface area contributed by atoms with Crippen molar-refractivity contribution in [2.45, 2.75) is 13.5 Å². The van der Waals surface area contributed by atoms with E-state index < -0.39 is 0 Å². The van der Waals surface area contributed by atoms with Crippen molar-refractivity contribution in [2.75, 3.05) is 18.5 Å². The van der Waals surface area contributed by atoms with Gasteiger partial charge in [-0.05, 0) is 29.8 Å². The maximum atomic E-state index is 12.4. The lowest BCUT2D eigenvalue weighted by atomic mass is 10.1. The standard InChI is InChI=1S/C21H22N4O3/c1-16(26)24-19-6-3-7-20(13-19)28-11-9-23-21(27)18-5-2-4-17(12-18)14-25-10-8-22-15-25/h2-8,10,12-13,15H,9,11,14H2,1H3,(H,23,27)(H,24,26). The zero-order valence-corrected chi connectivity index (χ0v) is 15.6. The van der Waals surface area contributed by atoms with Gasteiger partial charge in [-0.3, -0.25) is 9.59 Å². The van der Waals surface area contributed by atoms with Crippen LogP contribution in [0.2, 0.25) is 0 Å². The molecule has 7 nitrogen and oxygen atoms in total. The van der Waals surface area contributed by atoms with Crippen molar-refractivity contribution in [3.05, 3.63) is 78.4 Å². The molecular weight excluding hydrogens is 356 g/mol. The summed E-state index contributed by atoms with van der Waals surface area (Å²) in [6, 6.07) is 14.6. The Morgan fingerprint density at radius 1 is 1.14 bits per heavy atom. The van der Waals surface area contributed by atoms with Crippen LogP contribution in [0.4, 0.5) is 5.69 Å². The quantitative estimate of drug-likeness (QED) is 0.590. The minimum Gasteiger partial charge on any atom is -0.492 e. The zero-order valence-electron chi connectivity index (χ0n) is 15.6. The Bertz CT molecular complexity index is 938. The van der Waals surface area contributed by atoms with E-state index in [0.717, 1.165) is 5.56 Å². The lowest BCUT2D eigenvalue weighted by Gasteiger charge is -2.10. The predicted molar refractivity (Wildman–Crippen MR) is 106 cm³/mol. The second-order valence-electron chi connectivity index (χ2n) is 6.25. The first kappa shape index (κ1) is 19.2. The first-order valence-corrected chi connectivity index (χ1v) is 8.93. The number of imidazole rings is 1. The number of benzene rings is 2. The number of rotatable bonds is 8. The highest BCUT2D eigenvalue weighted by atomic mass is 16.5. The van der Waals surface area contributed by atoms with E-state index in [1.54, 1.807) is 42.9 Å².